The number of hydrogen-bond acceptors (Lipinski definition) is 2. The molecule has 218 valence electrons. The second-order valence-electron chi connectivity index (χ2n) is 11.9. The molecule has 0 fully saturated rings. The molecule has 0 rings (SSSR count). The molecule has 0 spiro atoms. The van der Waals surface area contributed by atoms with Crippen LogP contribution in [0.15, 0.2) is 0 Å². The Hall–Kier alpha value is -0.0800. The zero-order chi connectivity index (χ0) is 26.2. The maximum absolute atomic E-state index is 6.27. The fourth-order valence-corrected chi connectivity index (χ4v) is 5.44. The van der Waals surface area contributed by atoms with E-state index in [9.17, 15) is 0 Å². The average Bonchev–Trinajstić information content (AvgIpc) is 2.88. The van der Waals surface area contributed by atoms with Gasteiger partial charge in [-0.15, -0.1) is 0 Å². The van der Waals surface area contributed by atoms with E-state index in [-0.39, 0.29) is 6.17 Å². The monoisotopic (exact) mass is 509 g/mol. The average molecular weight is 509 g/mol. The van der Waals surface area contributed by atoms with Crippen molar-refractivity contribution in [3.05, 3.63) is 0 Å². The van der Waals surface area contributed by atoms with E-state index in [1.807, 2.05) is 0 Å². The number of rotatable bonds is 32. The summed E-state index contributed by atoms with van der Waals surface area (Å²) in [6, 6.07) is 0. The van der Waals surface area contributed by atoms with Gasteiger partial charge in [-0.05, 0) is 19.4 Å². The molecule has 0 amide bonds. The summed E-state index contributed by atoms with van der Waals surface area (Å²) in [7, 11) is 0. The van der Waals surface area contributed by atoms with Gasteiger partial charge in [-0.1, -0.05) is 194 Å². The lowest BCUT2D eigenvalue weighted by molar-refractivity contribution is 0.449. The number of unbranched alkanes of at least 4 members (excludes halogenated alkanes) is 27. The van der Waals surface area contributed by atoms with Crippen molar-refractivity contribution in [2.24, 2.45) is 5.73 Å². The quantitative estimate of drug-likeness (QED) is 0.0700. The maximum atomic E-state index is 6.27. The molecule has 0 saturated carbocycles. The molecule has 1 unspecified atom stereocenters. The highest BCUT2D eigenvalue weighted by Crippen LogP contribution is 2.15. The van der Waals surface area contributed by atoms with Crippen molar-refractivity contribution in [3.8, 4) is 0 Å². The summed E-state index contributed by atoms with van der Waals surface area (Å²) in [5.41, 5.74) is 6.27. The molecular weight excluding hydrogens is 436 g/mol. The van der Waals surface area contributed by atoms with Gasteiger partial charge in [0.2, 0.25) is 0 Å². The van der Waals surface area contributed by atoms with E-state index in [1.165, 1.54) is 186 Å². The van der Waals surface area contributed by atoms with Crippen LogP contribution < -0.4 is 11.1 Å². The first kappa shape index (κ1) is 35.9. The smallest absolute Gasteiger partial charge is 0.0546 e. The molecule has 0 aliphatic heterocycles. The first-order chi connectivity index (χ1) is 17.8. The largest absolute Gasteiger partial charge is 0.316 e. The molecule has 0 aliphatic rings. The van der Waals surface area contributed by atoms with Gasteiger partial charge in [0.05, 0.1) is 6.17 Å². The van der Waals surface area contributed by atoms with Crippen molar-refractivity contribution in [2.75, 3.05) is 6.54 Å². The van der Waals surface area contributed by atoms with Crippen LogP contribution in [0.5, 0.6) is 0 Å². The molecule has 0 aromatic rings. The lowest BCUT2D eigenvalue weighted by Crippen LogP contribution is -2.37. The highest BCUT2D eigenvalue weighted by Gasteiger charge is 2.01. The second-order valence-corrected chi connectivity index (χ2v) is 11.9. The van der Waals surface area contributed by atoms with Crippen molar-refractivity contribution in [3.63, 3.8) is 0 Å². The van der Waals surface area contributed by atoms with Gasteiger partial charge in [0.1, 0.15) is 0 Å². The molecule has 0 bridgehead atoms. The second kappa shape index (κ2) is 32.9. The van der Waals surface area contributed by atoms with Gasteiger partial charge in [0.25, 0.3) is 0 Å². The van der Waals surface area contributed by atoms with E-state index in [0.29, 0.717) is 0 Å². The SMILES string of the molecule is CCCCCCCCCCCCCCCCCCNC(N)CCCCCCCCCCCCCCC. The minimum Gasteiger partial charge on any atom is -0.316 e. The predicted octanol–water partition coefficient (Wildman–Crippen LogP) is 11.6. The number of nitrogens with one attached hydrogen (secondary N) is 1. The molecule has 0 radical (unpaired) electrons. The van der Waals surface area contributed by atoms with Gasteiger partial charge >= 0.3 is 0 Å². The minimum atomic E-state index is 0.217. The van der Waals surface area contributed by atoms with E-state index in [0.717, 1.165) is 13.0 Å². The third-order valence-corrected chi connectivity index (χ3v) is 8.06. The Morgan fingerprint density at radius 2 is 0.611 bits per heavy atom. The minimum absolute atomic E-state index is 0.217. The number of hydrogen-bond donors (Lipinski definition) is 2. The van der Waals surface area contributed by atoms with E-state index in [1.54, 1.807) is 0 Å². The molecule has 2 nitrogen and oxygen atoms in total. The highest BCUT2D eigenvalue weighted by atomic mass is 15.0. The first-order valence-corrected chi connectivity index (χ1v) is 17.3. The fraction of sp³-hybridized carbons (Fsp3) is 1.00. The molecule has 36 heavy (non-hydrogen) atoms. The van der Waals surface area contributed by atoms with Crippen LogP contribution in [0.2, 0.25) is 0 Å². The van der Waals surface area contributed by atoms with Gasteiger partial charge in [-0.2, -0.15) is 0 Å². The van der Waals surface area contributed by atoms with Crippen LogP contribution in [0, 0.1) is 0 Å². The van der Waals surface area contributed by atoms with Crippen LogP contribution in [0.25, 0.3) is 0 Å². The van der Waals surface area contributed by atoms with Crippen LogP contribution >= 0.6 is 0 Å². The van der Waals surface area contributed by atoms with Crippen molar-refractivity contribution in [2.45, 2.75) is 213 Å². The Morgan fingerprint density at radius 1 is 0.361 bits per heavy atom. The van der Waals surface area contributed by atoms with Crippen LogP contribution in [0.4, 0.5) is 0 Å². The summed E-state index contributed by atoms with van der Waals surface area (Å²) in [6.45, 7) is 5.71. The van der Waals surface area contributed by atoms with Crippen molar-refractivity contribution in [1.29, 1.82) is 0 Å². The van der Waals surface area contributed by atoms with Crippen LogP contribution in [0.3, 0.4) is 0 Å². The Kier molecular flexibility index (Phi) is 32.9. The fourth-order valence-electron chi connectivity index (χ4n) is 5.44. The lowest BCUT2D eigenvalue weighted by Gasteiger charge is -2.13. The van der Waals surface area contributed by atoms with E-state index >= 15 is 0 Å². The Morgan fingerprint density at radius 3 is 0.917 bits per heavy atom. The summed E-state index contributed by atoms with van der Waals surface area (Å²) in [4.78, 5) is 0. The zero-order valence-corrected chi connectivity index (χ0v) is 25.6. The molecule has 2 heteroatoms. The summed E-state index contributed by atoms with van der Waals surface area (Å²) >= 11 is 0. The Balaban J connectivity index is 3.13. The molecule has 0 saturated heterocycles. The van der Waals surface area contributed by atoms with Gasteiger partial charge < -0.3 is 11.1 Å². The van der Waals surface area contributed by atoms with Gasteiger partial charge in [-0.25, -0.2) is 0 Å². The maximum Gasteiger partial charge on any atom is 0.0546 e. The van der Waals surface area contributed by atoms with E-state index in [4.69, 9.17) is 5.73 Å². The van der Waals surface area contributed by atoms with E-state index in [2.05, 4.69) is 19.2 Å². The van der Waals surface area contributed by atoms with Crippen molar-refractivity contribution < 1.29 is 0 Å². The zero-order valence-electron chi connectivity index (χ0n) is 25.6. The molecule has 3 N–H and O–H groups in total. The summed E-state index contributed by atoms with van der Waals surface area (Å²) in [5, 5.41) is 3.55. The number of nitrogens with two attached hydrogens (primary N) is 1. The normalized spacial score (nSPS) is 12.4. The third-order valence-electron chi connectivity index (χ3n) is 8.06. The van der Waals surface area contributed by atoms with Crippen molar-refractivity contribution >= 4 is 0 Å². The molecular formula is C34H72N2. The van der Waals surface area contributed by atoms with Crippen molar-refractivity contribution in [1.82, 2.24) is 5.32 Å². The van der Waals surface area contributed by atoms with Crippen LogP contribution in [-0.2, 0) is 0 Å². The highest BCUT2D eigenvalue weighted by molar-refractivity contribution is 4.60. The first-order valence-electron chi connectivity index (χ1n) is 17.3. The van der Waals surface area contributed by atoms with Gasteiger partial charge in [-0.3, -0.25) is 0 Å². The standard InChI is InChI=1S/C34H72N2/c1-3-5-7-9-11-13-15-17-18-19-21-23-25-27-29-31-33-36-34(35)32-30-28-26-24-22-20-16-14-12-10-8-6-4-2/h34,36H,3-33,35H2,1-2H3. The van der Waals surface area contributed by atoms with Gasteiger partial charge in [0, 0.05) is 0 Å². The molecule has 0 aromatic heterocycles. The topological polar surface area (TPSA) is 38.0 Å². The third kappa shape index (κ3) is 31.9. The molecule has 0 heterocycles. The molecule has 0 aliphatic carbocycles. The lowest BCUT2D eigenvalue weighted by atomic mass is 10.0. The summed E-state index contributed by atoms with van der Waals surface area (Å²) < 4.78 is 0. The van der Waals surface area contributed by atoms with E-state index < -0.39 is 0 Å². The molecule has 1 atom stereocenters. The molecule has 0 aromatic carbocycles. The van der Waals surface area contributed by atoms with Crippen LogP contribution in [0.1, 0.15) is 206 Å². The van der Waals surface area contributed by atoms with Gasteiger partial charge in [0.15, 0.2) is 0 Å². The Labute approximate surface area is 230 Å². The Bertz CT molecular complexity index is 370. The van der Waals surface area contributed by atoms with Crippen LogP contribution in [-0.4, -0.2) is 12.7 Å². The summed E-state index contributed by atoms with van der Waals surface area (Å²) in [5.74, 6) is 0. The summed E-state index contributed by atoms with van der Waals surface area (Å²) in [6.07, 6.45) is 42.8. The predicted molar refractivity (Wildman–Crippen MR) is 166 cm³/mol.